The van der Waals surface area contributed by atoms with Crippen molar-refractivity contribution in [2.24, 2.45) is 0 Å². The van der Waals surface area contributed by atoms with Crippen LogP contribution in [0.1, 0.15) is 37.8 Å². The first-order valence-corrected chi connectivity index (χ1v) is 8.56. The Morgan fingerprint density at radius 3 is 2.31 bits per heavy atom. The molecule has 0 aromatic heterocycles. The van der Waals surface area contributed by atoms with E-state index in [1.54, 1.807) is 0 Å². The number of nitrogens with one attached hydrogen (secondary N) is 1. The summed E-state index contributed by atoms with van der Waals surface area (Å²) in [4.78, 5) is 23.2. The minimum Gasteiger partial charge on any atom is -0.488 e. The van der Waals surface area contributed by atoms with Crippen molar-refractivity contribution in [1.29, 1.82) is 0 Å². The van der Waals surface area contributed by atoms with E-state index in [4.69, 9.17) is 9.47 Å². The average molecular weight is 355 g/mol. The second-order valence-corrected chi connectivity index (χ2v) is 6.97. The van der Waals surface area contributed by atoms with Gasteiger partial charge in [-0.2, -0.15) is 0 Å². The molecule has 0 spiro atoms. The molecule has 0 aliphatic heterocycles. The van der Waals surface area contributed by atoms with E-state index in [2.05, 4.69) is 5.32 Å². The third-order valence-corrected chi connectivity index (χ3v) is 3.58. The largest absolute Gasteiger partial charge is 0.488 e. The van der Waals surface area contributed by atoms with Gasteiger partial charge in [0.2, 0.25) is 0 Å². The van der Waals surface area contributed by atoms with Gasteiger partial charge in [0.05, 0.1) is 5.92 Å². The van der Waals surface area contributed by atoms with Crippen LogP contribution in [0.4, 0.5) is 4.79 Å². The Balaban J connectivity index is 1.84. The molecule has 0 fully saturated rings. The van der Waals surface area contributed by atoms with E-state index in [1.807, 2.05) is 75.4 Å². The highest BCUT2D eigenvalue weighted by molar-refractivity contribution is 5.69. The van der Waals surface area contributed by atoms with Gasteiger partial charge in [0, 0.05) is 6.54 Å². The van der Waals surface area contributed by atoms with E-state index in [-0.39, 0.29) is 18.8 Å². The normalized spacial score (nSPS) is 12.1. The number of aldehydes is 1. The maximum Gasteiger partial charge on any atom is 0.407 e. The number of hydrogen-bond acceptors (Lipinski definition) is 4. The van der Waals surface area contributed by atoms with Crippen molar-refractivity contribution in [3.05, 3.63) is 65.7 Å². The lowest BCUT2D eigenvalue weighted by atomic mass is 10.0. The second kappa shape index (κ2) is 9.04. The van der Waals surface area contributed by atoms with Crippen molar-refractivity contribution in [1.82, 2.24) is 5.32 Å². The maximum atomic E-state index is 11.8. The Hall–Kier alpha value is -2.82. The lowest BCUT2D eigenvalue weighted by Gasteiger charge is -2.21. The summed E-state index contributed by atoms with van der Waals surface area (Å²) in [5, 5.41) is 2.63. The Labute approximate surface area is 154 Å². The Morgan fingerprint density at radius 2 is 1.73 bits per heavy atom. The number of carbonyl (C=O) groups is 2. The third kappa shape index (κ3) is 6.59. The highest BCUT2D eigenvalue weighted by atomic mass is 16.5. The lowest BCUT2D eigenvalue weighted by Crippen LogP contribution is -2.29. The summed E-state index contributed by atoms with van der Waals surface area (Å²) < 4.78 is 10.9. The fraction of sp³-hybridized carbons (Fsp3) is 0.333. The summed E-state index contributed by atoms with van der Waals surface area (Å²) in [6.07, 6.45) is 0.269. The number of alkyl carbamates (subject to hydrolysis) is 1. The maximum absolute atomic E-state index is 11.8. The molecule has 26 heavy (non-hydrogen) atoms. The molecular formula is C21H25NO4. The molecular weight excluding hydrogens is 330 g/mol. The zero-order valence-corrected chi connectivity index (χ0v) is 15.4. The van der Waals surface area contributed by atoms with Gasteiger partial charge in [-0.25, -0.2) is 4.79 Å². The third-order valence-electron chi connectivity index (χ3n) is 3.58. The van der Waals surface area contributed by atoms with Gasteiger partial charge in [-0.15, -0.1) is 0 Å². The van der Waals surface area contributed by atoms with Gasteiger partial charge in [-0.05, 0) is 44.0 Å². The summed E-state index contributed by atoms with van der Waals surface area (Å²) in [5.41, 5.74) is 1.43. The molecule has 0 aliphatic rings. The number of ether oxygens (including phenoxy) is 2. The second-order valence-electron chi connectivity index (χ2n) is 6.97. The van der Waals surface area contributed by atoms with Crippen LogP contribution in [0.2, 0.25) is 0 Å². The summed E-state index contributed by atoms with van der Waals surface area (Å²) in [6, 6.07) is 16.7. The molecule has 5 heteroatoms. The van der Waals surface area contributed by atoms with Crippen molar-refractivity contribution >= 4 is 12.4 Å². The van der Waals surface area contributed by atoms with Crippen LogP contribution >= 0.6 is 0 Å². The number of amides is 1. The van der Waals surface area contributed by atoms with Crippen molar-refractivity contribution in [3.8, 4) is 5.75 Å². The molecule has 2 aromatic carbocycles. The molecule has 0 bridgehead atoms. The number of carbonyl (C=O) groups excluding carboxylic acids is 2. The molecule has 138 valence electrons. The predicted molar refractivity (Wildman–Crippen MR) is 100 cm³/mol. The molecule has 0 aliphatic carbocycles. The van der Waals surface area contributed by atoms with Crippen LogP contribution in [0.15, 0.2) is 54.6 Å². The van der Waals surface area contributed by atoms with Gasteiger partial charge in [-0.3, -0.25) is 0 Å². The first-order chi connectivity index (χ1) is 12.4. The van der Waals surface area contributed by atoms with Crippen molar-refractivity contribution in [2.75, 3.05) is 6.54 Å². The molecule has 0 saturated heterocycles. The van der Waals surface area contributed by atoms with Crippen LogP contribution in [-0.4, -0.2) is 24.5 Å². The van der Waals surface area contributed by atoms with Crippen LogP contribution in [-0.2, 0) is 16.1 Å². The summed E-state index contributed by atoms with van der Waals surface area (Å²) in [6.45, 7) is 6.29. The van der Waals surface area contributed by atoms with Crippen LogP contribution < -0.4 is 10.1 Å². The molecule has 0 saturated carbocycles. The number of rotatable bonds is 7. The zero-order chi connectivity index (χ0) is 19.0. The smallest absolute Gasteiger partial charge is 0.407 e. The molecule has 1 unspecified atom stereocenters. The Bertz CT molecular complexity index is 705. The van der Waals surface area contributed by atoms with Gasteiger partial charge in [-0.1, -0.05) is 42.5 Å². The first kappa shape index (κ1) is 19.5. The van der Waals surface area contributed by atoms with E-state index in [1.165, 1.54) is 0 Å². The monoisotopic (exact) mass is 355 g/mol. The van der Waals surface area contributed by atoms with Crippen LogP contribution in [0, 0.1) is 0 Å². The Kier molecular flexibility index (Phi) is 6.78. The van der Waals surface area contributed by atoms with Crippen LogP contribution in [0.3, 0.4) is 0 Å². The number of benzene rings is 2. The predicted octanol–water partition coefficient (Wildman–Crippen LogP) is 4.07. The molecule has 2 aromatic rings. The van der Waals surface area contributed by atoms with Crippen LogP contribution in [0.25, 0.3) is 0 Å². The highest BCUT2D eigenvalue weighted by Gasteiger charge is 2.15. The topological polar surface area (TPSA) is 64.6 Å². The summed E-state index contributed by atoms with van der Waals surface area (Å²) in [7, 11) is 0. The molecule has 1 amide bonds. The van der Waals surface area contributed by atoms with E-state index >= 15 is 0 Å². The SMILES string of the molecule is CC(C)(C)Oc1ccc(C(C=O)CNC(=O)OCc2ccccc2)cc1. The van der Waals surface area contributed by atoms with Gasteiger partial charge in [0.15, 0.2) is 0 Å². The summed E-state index contributed by atoms with van der Waals surface area (Å²) in [5.74, 6) is 0.295. The molecule has 5 nitrogen and oxygen atoms in total. The molecule has 0 radical (unpaired) electrons. The van der Waals surface area contributed by atoms with Crippen molar-refractivity contribution in [3.63, 3.8) is 0 Å². The fourth-order valence-corrected chi connectivity index (χ4v) is 2.35. The molecule has 1 atom stereocenters. The highest BCUT2D eigenvalue weighted by Crippen LogP contribution is 2.21. The first-order valence-electron chi connectivity index (χ1n) is 8.56. The van der Waals surface area contributed by atoms with Gasteiger partial charge in [0.25, 0.3) is 0 Å². The van der Waals surface area contributed by atoms with E-state index in [0.29, 0.717) is 0 Å². The zero-order valence-electron chi connectivity index (χ0n) is 15.4. The minimum absolute atomic E-state index is 0.177. The van der Waals surface area contributed by atoms with E-state index in [9.17, 15) is 9.59 Å². The van der Waals surface area contributed by atoms with Gasteiger partial charge in [0.1, 0.15) is 24.2 Å². The molecule has 1 N–H and O–H groups in total. The fourth-order valence-electron chi connectivity index (χ4n) is 2.35. The summed E-state index contributed by atoms with van der Waals surface area (Å²) >= 11 is 0. The Morgan fingerprint density at radius 1 is 1.08 bits per heavy atom. The minimum atomic E-state index is -0.548. The molecule has 0 heterocycles. The quantitative estimate of drug-likeness (QED) is 0.760. The van der Waals surface area contributed by atoms with Crippen molar-refractivity contribution < 1.29 is 19.1 Å². The van der Waals surface area contributed by atoms with E-state index < -0.39 is 12.0 Å². The standard InChI is InChI=1S/C21H25NO4/c1-21(2,3)26-19-11-9-17(10-12-19)18(14-23)13-22-20(24)25-15-16-7-5-4-6-8-16/h4-12,14,18H,13,15H2,1-3H3,(H,22,24). The average Bonchev–Trinajstić information content (AvgIpc) is 2.61. The number of hydrogen-bond donors (Lipinski definition) is 1. The van der Waals surface area contributed by atoms with E-state index in [0.717, 1.165) is 23.2 Å². The van der Waals surface area contributed by atoms with Gasteiger partial charge < -0.3 is 19.6 Å². The lowest BCUT2D eigenvalue weighted by molar-refractivity contribution is -0.109. The van der Waals surface area contributed by atoms with Crippen LogP contribution in [0.5, 0.6) is 5.75 Å². The van der Waals surface area contributed by atoms with Gasteiger partial charge >= 0.3 is 6.09 Å². The van der Waals surface area contributed by atoms with Crippen molar-refractivity contribution in [2.45, 2.75) is 38.9 Å². The molecule has 2 rings (SSSR count).